The van der Waals surface area contributed by atoms with Gasteiger partial charge in [0.05, 0.1) is 11.9 Å². The fraction of sp³-hybridized carbons (Fsp3) is 0.440. The normalized spacial score (nSPS) is 12.5. The first-order chi connectivity index (χ1) is 15.8. The smallest absolute Gasteiger partial charge is 0.244 e. The molecule has 0 spiro atoms. The molecule has 0 fully saturated rings. The molecule has 7 nitrogen and oxygen atoms in total. The van der Waals surface area contributed by atoms with Crippen molar-refractivity contribution in [2.75, 3.05) is 17.1 Å². The molecule has 2 amide bonds. The second-order valence-electron chi connectivity index (χ2n) is 9.00. The predicted octanol–water partition coefficient (Wildman–Crippen LogP) is 3.66. The van der Waals surface area contributed by atoms with E-state index in [1.165, 1.54) is 29.2 Å². The number of nitrogens with zero attached hydrogens (tertiary/aromatic N) is 2. The number of carbonyl (C=O) groups excluding carboxylic acids is 2. The molecule has 2 rings (SSSR count). The van der Waals surface area contributed by atoms with E-state index in [1.807, 2.05) is 39.8 Å². The van der Waals surface area contributed by atoms with Crippen molar-refractivity contribution in [1.29, 1.82) is 0 Å². The van der Waals surface area contributed by atoms with E-state index in [2.05, 4.69) is 5.32 Å². The maximum absolute atomic E-state index is 13.4. The van der Waals surface area contributed by atoms with Crippen LogP contribution in [0.1, 0.15) is 51.7 Å². The van der Waals surface area contributed by atoms with Crippen LogP contribution in [0.5, 0.6) is 0 Å². The molecule has 0 aliphatic rings. The van der Waals surface area contributed by atoms with Gasteiger partial charge in [-0.15, -0.1) is 0 Å². The number of nitrogens with one attached hydrogen (secondary N) is 1. The van der Waals surface area contributed by atoms with Crippen molar-refractivity contribution < 1.29 is 22.4 Å². The quantitative estimate of drug-likeness (QED) is 0.550. The summed E-state index contributed by atoms with van der Waals surface area (Å²) in [6.07, 6.45) is 1.04. The first-order valence-electron chi connectivity index (χ1n) is 11.2. The average molecular weight is 492 g/mol. The molecule has 2 aromatic carbocycles. The summed E-state index contributed by atoms with van der Waals surface area (Å²) in [6.45, 7) is 8.82. The Hall–Kier alpha value is -2.94. The highest BCUT2D eigenvalue weighted by Gasteiger charge is 2.30. The van der Waals surface area contributed by atoms with Gasteiger partial charge in [-0.1, -0.05) is 38.1 Å². The van der Waals surface area contributed by atoms with Crippen LogP contribution in [0.3, 0.4) is 0 Å². The molecular weight excluding hydrogens is 457 g/mol. The maximum Gasteiger partial charge on any atom is 0.244 e. The molecule has 34 heavy (non-hydrogen) atoms. The van der Waals surface area contributed by atoms with Crippen LogP contribution in [0.15, 0.2) is 48.5 Å². The van der Waals surface area contributed by atoms with Crippen molar-refractivity contribution in [3.05, 3.63) is 65.5 Å². The molecule has 0 aliphatic carbocycles. The van der Waals surface area contributed by atoms with Crippen LogP contribution >= 0.6 is 0 Å². The van der Waals surface area contributed by atoms with E-state index in [1.54, 1.807) is 19.1 Å². The number of anilines is 1. The summed E-state index contributed by atoms with van der Waals surface area (Å²) >= 11 is 0. The van der Waals surface area contributed by atoms with Crippen molar-refractivity contribution in [3.8, 4) is 0 Å². The Morgan fingerprint density at radius 2 is 1.50 bits per heavy atom. The minimum absolute atomic E-state index is 0.0235. The minimum Gasteiger partial charge on any atom is -0.352 e. The summed E-state index contributed by atoms with van der Waals surface area (Å²) in [7, 11) is -3.79. The second kappa shape index (κ2) is 11.5. The highest BCUT2D eigenvalue weighted by Crippen LogP contribution is 2.23. The van der Waals surface area contributed by atoms with E-state index in [-0.39, 0.29) is 24.4 Å². The minimum atomic E-state index is -3.79. The first-order valence-corrected chi connectivity index (χ1v) is 13.1. The molecule has 0 saturated carbocycles. The third kappa shape index (κ3) is 7.55. The zero-order valence-electron chi connectivity index (χ0n) is 20.6. The highest BCUT2D eigenvalue weighted by molar-refractivity contribution is 7.92. The summed E-state index contributed by atoms with van der Waals surface area (Å²) in [5.74, 6) is -1.05. The molecule has 1 atom stereocenters. The first kappa shape index (κ1) is 27.3. The Balaban J connectivity index is 2.37. The highest BCUT2D eigenvalue weighted by atomic mass is 32.2. The van der Waals surface area contributed by atoms with E-state index in [4.69, 9.17) is 0 Å². The van der Waals surface area contributed by atoms with Gasteiger partial charge >= 0.3 is 0 Å². The van der Waals surface area contributed by atoms with E-state index >= 15 is 0 Å². The standard InChI is InChI=1S/C25H34FN3O4S/c1-17(2)21-9-13-23(14-10-21)29(34(6,32)33)16-24(30)28(19(5)25(31)27-18(3)4)15-20-7-11-22(26)12-8-20/h7-14,17-19H,15-16H2,1-6H3,(H,27,31)/t19-/m0/s1. The average Bonchev–Trinajstić information content (AvgIpc) is 2.75. The van der Waals surface area contributed by atoms with Gasteiger partial charge in [-0.05, 0) is 62.1 Å². The lowest BCUT2D eigenvalue weighted by atomic mass is 10.0. The lowest BCUT2D eigenvalue weighted by molar-refractivity contribution is -0.139. The van der Waals surface area contributed by atoms with E-state index in [0.29, 0.717) is 11.3 Å². The Morgan fingerprint density at radius 3 is 1.97 bits per heavy atom. The summed E-state index contributed by atoms with van der Waals surface area (Å²) in [6, 6.07) is 11.6. The summed E-state index contributed by atoms with van der Waals surface area (Å²) in [5, 5.41) is 2.78. The zero-order chi connectivity index (χ0) is 25.6. The Kier molecular flexibility index (Phi) is 9.21. The summed E-state index contributed by atoms with van der Waals surface area (Å²) in [5.41, 5.74) is 2.02. The van der Waals surface area contributed by atoms with Gasteiger partial charge in [0.15, 0.2) is 0 Å². The van der Waals surface area contributed by atoms with Crippen LogP contribution in [0, 0.1) is 5.82 Å². The molecule has 2 aromatic rings. The van der Waals surface area contributed by atoms with Crippen molar-refractivity contribution >= 4 is 27.5 Å². The van der Waals surface area contributed by atoms with E-state index in [9.17, 15) is 22.4 Å². The molecule has 0 aliphatic heterocycles. The summed E-state index contributed by atoms with van der Waals surface area (Å²) in [4.78, 5) is 27.4. The fourth-order valence-corrected chi connectivity index (χ4v) is 4.26. The third-order valence-electron chi connectivity index (χ3n) is 5.39. The number of hydrogen-bond acceptors (Lipinski definition) is 4. The van der Waals surface area contributed by atoms with Crippen LogP contribution in [-0.4, -0.2) is 50.0 Å². The lowest BCUT2D eigenvalue weighted by Gasteiger charge is -2.32. The molecule has 0 unspecified atom stereocenters. The van der Waals surface area contributed by atoms with Crippen LogP contribution < -0.4 is 9.62 Å². The molecular formula is C25H34FN3O4S. The molecule has 0 saturated heterocycles. The number of halogens is 1. The largest absolute Gasteiger partial charge is 0.352 e. The monoisotopic (exact) mass is 491 g/mol. The molecule has 9 heteroatoms. The van der Waals surface area contributed by atoms with Crippen LogP contribution in [0.25, 0.3) is 0 Å². The van der Waals surface area contributed by atoms with Gasteiger partial charge < -0.3 is 10.2 Å². The van der Waals surface area contributed by atoms with Crippen LogP contribution in [-0.2, 0) is 26.2 Å². The van der Waals surface area contributed by atoms with Gasteiger partial charge in [0.25, 0.3) is 0 Å². The van der Waals surface area contributed by atoms with Crippen molar-refractivity contribution in [1.82, 2.24) is 10.2 Å². The van der Waals surface area contributed by atoms with Gasteiger partial charge in [-0.25, -0.2) is 12.8 Å². The SMILES string of the molecule is CC(C)NC(=O)[C@H](C)N(Cc1ccc(F)cc1)C(=O)CN(c1ccc(C(C)C)cc1)S(C)(=O)=O. The molecule has 0 radical (unpaired) electrons. The van der Waals surface area contributed by atoms with Gasteiger partial charge in [-0.2, -0.15) is 0 Å². The van der Waals surface area contributed by atoms with E-state index < -0.39 is 34.3 Å². The third-order valence-corrected chi connectivity index (χ3v) is 6.53. The number of hydrogen-bond donors (Lipinski definition) is 1. The van der Waals surface area contributed by atoms with Gasteiger partial charge in [0, 0.05) is 12.6 Å². The number of sulfonamides is 1. The molecule has 0 heterocycles. The molecule has 186 valence electrons. The van der Waals surface area contributed by atoms with Crippen molar-refractivity contribution in [2.45, 2.75) is 59.2 Å². The van der Waals surface area contributed by atoms with Crippen LogP contribution in [0.4, 0.5) is 10.1 Å². The zero-order valence-corrected chi connectivity index (χ0v) is 21.4. The molecule has 0 bridgehead atoms. The number of amides is 2. The lowest BCUT2D eigenvalue weighted by Crippen LogP contribution is -2.52. The number of rotatable bonds is 10. The predicted molar refractivity (Wildman–Crippen MR) is 132 cm³/mol. The topological polar surface area (TPSA) is 86.8 Å². The van der Waals surface area contributed by atoms with E-state index in [0.717, 1.165) is 16.1 Å². The maximum atomic E-state index is 13.4. The van der Waals surface area contributed by atoms with Gasteiger partial charge in [0.2, 0.25) is 21.8 Å². The van der Waals surface area contributed by atoms with Gasteiger partial charge in [0.1, 0.15) is 18.4 Å². The number of carbonyl (C=O) groups is 2. The Bertz CT molecular complexity index is 1080. The second-order valence-corrected chi connectivity index (χ2v) is 10.9. The summed E-state index contributed by atoms with van der Waals surface area (Å²) < 4.78 is 39.6. The fourth-order valence-electron chi connectivity index (χ4n) is 3.41. The van der Waals surface area contributed by atoms with Crippen molar-refractivity contribution in [3.63, 3.8) is 0 Å². The van der Waals surface area contributed by atoms with Gasteiger partial charge in [-0.3, -0.25) is 13.9 Å². The molecule has 1 N–H and O–H groups in total. The van der Waals surface area contributed by atoms with Crippen molar-refractivity contribution in [2.24, 2.45) is 0 Å². The number of benzene rings is 2. The Morgan fingerprint density at radius 1 is 0.941 bits per heavy atom. The van der Waals surface area contributed by atoms with Crippen LogP contribution in [0.2, 0.25) is 0 Å². The molecule has 0 aromatic heterocycles. The Labute approximate surface area is 202 Å².